The minimum Gasteiger partial charge on any atom is -0.495 e. The number of rotatable bonds is 4. The maximum absolute atomic E-state index is 12.5. The van der Waals surface area contributed by atoms with Crippen molar-refractivity contribution in [3.05, 3.63) is 50.9 Å². The fourth-order valence-corrected chi connectivity index (χ4v) is 4.34. The van der Waals surface area contributed by atoms with Gasteiger partial charge in [0.05, 0.1) is 12.8 Å². The second-order valence-electron chi connectivity index (χ2n) is 4.38. The normalized spacial score (nSPS) is 11.2. The molecule has 0 unspecified atom stereocenters. The Hall–Kier alpha value is -1.05. The SMILES string of the molecule is COc1cc(C)ccc1NS(=O)(=O)c1cc(Br)ccc1Br. The summed E-state index contributed by atoms with van der Waals surface area (Å²) in [5.74, 6) is 0.477. The lowest BCUT2D eigenvalue weighted by Gasteiger charge is -2.13. The molecule has 112 valence electrons. The van der Waals surface area contributed by atoms with E-state index in [2.05, 4.69) is 36.6 Å². The van der Waals surface area contributed by atoms with Crippen molar-refractivity contribution < 1.29 is 13.2 Å². The molecule has 2 rings (SSSR count). The van der Waals surface area contributed by atoms with Crippen LogP contribution in [0.2, 0.25) is 0 Å². The molecule has 0 saturated heterocycles. The van der Waals surface area contributed by atoms with Crippen molar-refractivity contribution >= 4 is 47.6 Å². The molecular formula is C14H13Br2NO3S. The largest absolute Gasteiger partial charge is 0.495 e. The van der Waals surface area contributed by atoms with Crippen LogP contribution in [0.15, 0.2) is 50.2 Å². The fraction of sp³-hybridized carbons (Fsp3) is 0.143. The van der Waals surface area contributed by atoms with Crippen LogP contribution in [0.4, 0.5) is 5.69 Å². The molecule has 0 spiro atoms. The monoisotopic (exact) mass is 433 g/mol. The highest BCUT2D eigenvalue weighted by Crippen LogP contribution is 2.31. The van der Waals surface area contributed by atoms with Gasteiger partial charge < -0.3 is 4.74 Å². The summed E-state index contributed by atoms with van der Waals surface area (Å²) >= 11 is 6.53. The van der Waals surface area contributed by atoms with Crippen LogP contribution in [0.3, 0.4) is 0 Å². The number of hydrogen-bond acceptors (Lipinski definition) is 3. The predicted octanol–water partition coefficient (Wildman–Crippen LogP) is 4.33. The van der Waals surface area contributed by atoms with Crippen molar-refractivity contribution in [1.82, 2.24) is 0 Å². The summed E-state index contributed by atoms with van der Waals surface area (Å²) in [6, 6.07) is 10.2. The number of hydrogen-bond donors (Lipinski definition) is 1. The molecule has 0 atom stereocenters. The van der Waals surface area contributed by atoms with Gasteiger partial charge in [-0.3, -0.25) is 4.72 Å². The van der Waals surface area contributed by atoms with Gasteiger partial charge in [-0.25, -0.2) is 8.42 Å². The zero-order chi connectivity index (χ0) is 15.6. The maximum Gasteiger partial charge on any atom is 0.263 e. The smallest absolute Gasteiger partial charge is 0.263 e. The van der Waals surface area contributed by atoms with Crippen LogP contribution in [-0.4, -0.2) is 15.5 Å². The molecule has 4 nitrogen and oxygen atoms in total. The predicted molar refractivity (Wildman–Crippen MR) is 90.4 cm³/mol. The molecular weight excluding hydrogens is 422 g/mol. The molecule has 0 radical (unpaired) electrons. The van der Waals surface area contributed by atoms with Gasteiger partial charge in [0.25, 0.3) is 10.0 Å². The lowest BCUT2D eigenvalue weighted by atomic mass is 10.2. The van der Waals surface area contributed by atoms with Crippen LogP contribution >= 0.6 is 31.9 Å². The third kappa shape index (κ3) is 3.78. The van der Waals surface area contributed by atoms with Gasteiger partial charge in [-0.2, -0.15) is 0 Å². The Balaban J connectivity index is 2.45. The Bertz CT molecular complexity index is 776. The van der Waals surface area contributed by atoms with Crippen molar-refractivity contribution in [2.24, 2.45) is 0 Å². The third-order valence-corrected chi connectivity index (χ3v) is 5.64. The van der Waals surface area contributed by atoms with Gasteiger partial charge in [-0.1, -0.05) is 22.0 Å². The first-order chi connectivity index (χ1) is 9.83. The van der Waals surface area contributed by atoms with Crippen LogP contribution in [0.1, 0.15) is 5.56 Å². The average molecular weight is 435 g/mol. The first kappa shape index (κ1) is 16.3. The third-order valence-electron chi connectivity index (χ3n) is 2.78. The van der Waals surface area contributed by atoms with Gasteiger partial charge >= 0.3 is 0 Å². The average Bonchev–Trinajstić information content (AvgIpc) is 2.43. The second kappa shape index (κ2) is 6.37. The van der Waals surface area contributed by atoms with E-state index in [0.717, 1.165) is 5.56 Å². The summed E-state index contributed by atoms with van der Waals surface area (Å²) in [4.78, 5) is 0.152. The number of benzene rings is 2. The highest BCUT2D eigenvalue weighted by atomic mass is 79.9. The molecule has 0 aliphatic heterocycles. The highest BCUT2D eigenvalue weighted by molar-refractivity contribution is 9.11. The summed E-state index contributed by atoms with van der Waals surface area (Å²) < 4.78 is 34.0. The lowest BCUT2D eigenvalue weighted by molar-refractivity contribution is 0.416. The number of methoxy groups -OCH3 is 1. The summed E-state index contributed by atoms with van der Waals surface area (Å²) in [7, 11) is -2.22. The van der Waals surface area contributed by atoms with Crippen molar-refractivity contribution in [3.8, 4) is 5.75 Å². The molecule has 0 bridgehead atoms. The quantitative estimate of drug-likeness (QED) is 0.778. The summed E-state index contributed by atoms with van der Waals surface area (Å²) in [6.45, 7) is 1.91. The number of anilines is 1. The molecule has 0 saturated carbocycles. The minimum absolute atomic E-state index is 0.152. The minimum atomic E-state index is -3.72. The van der Waals surface area contributed by atoms with Crippen LogP contribution in [0.5, 0.6) is 5.75 Å². The first-order valence-corrected chi connectivity index (χ1v) is 9.03. The van der Waals surface area contributed by atoms with E-state index in [4.69, 9.17) is 4.74 Å². The molecule has 0 amide bonds. The Morgan fingerprint density at radius 1 is 1.10 bits per heavy atom. The Kier molecular flexibility index (Phi) is 4.95. The van der Waals surface area contributed by atoms with Gasteiger partial charge in [0.1, 0.15) is 10.6 Å². The first-order valence-electron chi connectivity index (χ1n) is 5.96. The molecule has 0 aliphatic carbocycles. The van der Waals surface area contributed by atoms with Crippen molar-refractivity contribution in [2.75, 3.05) is 11.8 Å². The van der Waals surface area contributed by atoms with E-state index in [1.165, 1.54) is 13.2 Å². The van der Waals surface area contributed by atoms with E-state index in [1.54, 1.807) is 24.3 Å². The second-order valence-corrected chi connectivity index (χ2v) is 7.80. The van der Waals surface area contributed by atoms with Crippen LogP contribution in [0, 0.1) is 6.92 Å². The van der Waals surface area contributed by atoms with E-state index >= 15 is 0 Å². The van der Waals surface area contributed by atoms with E-state index in [9.17, 15) is 8.42 Å². The van der Waals surface area contributed by atoms with Crippen molar-refractivity contribution in [3.63, 3.8) is 0 Å². The highest BCUT2D eigenvalue weighted by Gasteiger charge is 2.20. The van der Waals surface area contributed by atoms with Crippen molar-refractivity contribution in [1.29, 1.82) is 0 Å². The van der Waals surface area contributed by atoms with E-state index in [1.807, 2.05) is 13.0 Å². The Morgan fingerprint density at radius 3 is 2.48 bits per heavy atom. The zero-order valence-electron chi connectivity index (χ0n) is 11.4. The molecule has 21 heavy (non-hydrogen) atoms. The van der Waals surface area contributed by atoms with Crippen molar-refractivity contribution in [2.45, 2.75) is 11.8 Å². The van der Waals surface area contributed by atoms with Crippen LogP contribution < -0.4 is 9.46 Å². The molecule has 0 heterocycles. The molecule has 2 aromatic carbocycles. The Morgan fingerprint density at radius 2 is 1.81 bits per heavy atom. The number of sulfonamides is 1. The fourth-order valence-electron chi connectivity index (χ4n) is 1.77. The molecule has 0 aromatic heterocycles. The van der Waals surface area contributed by atoms with Gasteiger partial charge in [-0.05, 0) is 58.7 Å². The maximum atomic E-state index is 12.5. The molecule has 0 aliphatic rings. The number of ether oxygens (including phenoxy) is 1. The van der Waals surface area contributed by atoms with E-state index in [0.29, 0.717) is 20.4 Å². The number of aryl methyl sites for hydroxylation is 1. The van der Waals surface area contributed by atoms with Gasteiger partial charge in [0.15, 0.2) is 0 Å². The molecule has 1 N–H and O–H groups in total. The standard InChI is InChI=1S/C14H13Br2NO3S/c1-9-3-6-12(13(7-9)20-2)17-21(18,19)14-8-10(15)4-5-11(14)16/h3-8,17H,1-2H3. The number of halogens is 2. The van der Waals surface area contributed by atoms with E-state index < -0.39 is 10.0 Å². The summed E-state index contributed by atoms with van der Waals surface area (Å²) in [6.07, 6.45) is 0. The van der Waals surface area contributed by atoms with Crippen LogP contribution in [0.25, 0.3) is 0 Å². The Labute approximate surface area is 140 Å². The topological polar surface area (TPSA) is 55.4 Å². The summed E-state index contributed by atoms with van der Waals surface area (Å²) in [5, 5.41) is 0. The molecule has 7 heteroatoms. The molecule has 2 aromatic rings. The van der Waals surface area contributed by atoms with Crippen LogP contribution in [-0.2, 0) is 10.0 Å². The zero-order valence-corrected chi connectivity index (χ0v) is 15.3. The van der Waals surface area contributed by atoms with E-state index in [-0.39, 0.29) is 4.90 Å². The van der Waals surface area contributed by atoms with Gasteiger partial charge in [-0.15, -0.1) is 0 Å². The van der Waals surface area contributed by atoms with Gasteiger partial charge in [0.2, 0.25) is 0 Å². The summed E-state index contributed by atoms with van der Waals surface area (Å²) in [5.41, 5.74) is 1.38. The molecule has 0 fully saturated rings. The number of nitrogens with one attached hydrogen (secondary N) is 1. The van der Waals surface area contributed by atoms with Gasteiger partial charge in [0, 0.05) is 8.95 Å². The lowest BCUT2D eigenvalue weighted by Crippen LogP contribution is -2.14.